The van der Waals surface area contributed by atoms with E-state index in [-0.39, 0.29) is 12.0 Å². The summed E-state index contributed by atoms with van der Waals surface area (Å²) >= 11 is 0. The normalized spacial score (nSPS) is 37.3. The molecule has 0 aromatic heterocycles. The summed E-state index contributed by atoms with van der Waals surface area (Å²) in [5, 5.41) is 0. The molecule has 2 N–H and O–H groups in total. The van der Waals surface area contributed by atoms with Gasteiger partial charge in [0.05, 0.1) is 0 Å². The molecule has 3 heteroatoms. The first kappa shape index (κ1) is 13.9. The zero-order chi connectivity index (χ0) is 13.1. The lowest BCUT2D eigenvalue weighted by Crippen LogP contribution is -2.45. The lowest BCUT2D eigenvalue weighted by molar-refractivity contribution is -0.138. The highest BCUT2D eigenvalue weighted by Crippen LogP contribution is 2.30. The second-order valence-electron chi connectivity index (χ2n) is 6.50. The Morgan fingerprint density at radius 2 is 1.83 bits per heavy atom. The van der Waals surface area contributed by atoms with E-state index in [1.807, 2.05) is 11.9 Å². The molecule has 0 radical (unpaired) electrons. The van der Waals surface area contributed by atoms with Gasteiger partial charge in [0.15, 0.2) is 0 Å². The van der Waals surface area contributed by atoms with Crippen LogP contribution in [0.3, 0.4) is 0 Å². The number of carbonyl (C=O) groups is 1. The molecule has 2 rings (SSSR count). The first-order chi connectivity index (χ1) is 8.58. The highest BCUT2D eigenvalue weighted by molar-refractivity contribution is 5.79. The van der Waals surface area contributed by atoms with Gasteiger partial charge in [0, 0.05) is 25.0 Å². The Bertz CT molecular complexity index is 292. The predicted octanol–water partition coefficient (Wildman–Crippen LogP) is 2.54. The minimum absolute atomic E-state index is 0.191. The van der Waals surface area contributed by atoms with Crippen LogP contribution in [-0.4, -0.2) is 29.9 Å². The van der Waals surface area contributed by atoms with Crippen molar-refractivity contribution in [3.05, 3.63) is 0 Å². The molecule has 18 heavy (non-hydrogen) atoms. The summed E-state index contributed by atoms with van der Waals surface area (Å²) in [4.78, 5) is 14.6. The summed E-state index contributed by atoms with van der Waals surface area (Å²) in [6.07, 6.45) is 9.11. The minimum atomic E-state index is 0.191. The summed E-state index contributed by atoms with van der Waals surface area (Å²) < 4.78 is 0. The maximum atomic E-state index is 12.5. The molecular weight excluding hydrogens is 224 g/mol. The topological polar surface area (TPSA) is 46.3 Å². The van der Waals surface area contributed by atoms with Crippen molar-refractivity contribution < 1.29 is 4.79 Å². The molecule has 0 spiro atoms. The second-order valence-corrected chi connectivity index (χ2v) is 6.50. The van der Waals surface area contributed by atoms with Crippen molar-refractivity contribution in [2.24, 2.45) is 17.6 Å². The van der Waals surface area contributed by atoms with Crippen molar-refractivity contribution in [3.63, 3.8) is 0 Å². The Hall–Kier alpha value is -0.570. The summed E-state index contributed by atoms with van der Waals surface area (Å²) in [5.74, 6) is 1.31. The Kier molecular flexibility index (Phi) is 4.66. The standard InChI is InChI=1S/C15H28N2O/c1-11-5-3-8-14(9-11)17(2)15(18)12-6-4-7-13(16)10-12/h11-14H,3-10,16H2,1-2H3. The van der Waals surface area contributed by atoms with E-state index in [0.717, 1.165) is 31.6 Å². The van der Waals surface area contributed by atoms with Crippen LogP contribution in [0.5, 0.6) is 0 Å². The maximum absolute atomic E-state index is 12.5. The second kappa shape index (κ2) is 6.05. The number of carbonyl (C=O) groups excluding carboxylic acids is 1. The van der Waals surface area contributed by atoms with Crippen LogP contribution in [0.25, 0.3) is 0 Å². The number of amides is 1. The molecule has 2 fully saturated rings. The summed E-state index contributed by atoms with van der Waals surface area (Å²) in [5.41, 5.74) is 5.99. The van der Waals surface area contributed by atoms with Crippen LogP contribution in [0.1, 0.15) is 58.3 Å². The highest BCUT2D eigenvalue weighted by Gasteiger charge is 2.31. The van der Waals surface area contributed by atoms with Gasteiger partial charge in [-0.2, -0.15) is 0 Å². The van der Waals surface area contributed by atoms with E-state index in [1.54, 1.807) is 0 Å². The molecule has 0 aromatic rings. The molecule has 0 saturated heterocycles. The largest absolute Gasteiger partial charge is 0.343 e. The quantitative estimate of drug-likeness (QED) is 0.821. The van der Waals surface area contributed by atoms with E-state index < -0.39 is 0 Å². The van der Waals surface area contributed by atoms with Crippen molar-refractivity contribution in [3.8, 4) is 0 Å². The molecule has 0 aromatic carbocycles. The van der Waals surface area contributed by atoms with Crippen LogP contribution in [0.15, 0.2) is 0 Å². The van der Waals surface area contributed by atoms with E-state index in [2.05, 4.69) is 6.92 Å². The number of hydrogen-bond donors (Lipinski definition) is 1. The molecule has 2 aliphatic rings. The van der Waals surface area contributed by atoms with Crippen molar-refractivity contribution in [2.75, 3.05) is 7.05 Å². The third-order valence-corrected chi connectivity index (χ3v) is 4.87. The highest BCUT2D eigenvalue weighted by atomic mass is 16.2. The molecule has 1 amide bonds. The SMILES string of the molecule is CC1CCCC(N(C)C(=O)C2CCCC(N)C2)C1. The first-order valence-electron chi connectivity index (χ1n) is 7.60. The third kappa shape index (κ3) is 3.25. The van der Waals surface area contributed by atoms with E-state index in [0.29, 0.717) is 11.9 Å². The number of nitrogens with two attached hydrogens (primary N) is 1. The molecule has 104 valence electrons. The fourth-order valence-electron chi connectivity index (χ4n) is 3.67. The monoisotopic (exact) mass is 252 g/mol. The molecule has 0 heterocycles. The van der Waals surface area contributed by atoms with Crippen molar-refractivity contribution in [1.82, 2.24) is 4.90 Å². The van der Waals surface area contributed by atoms with Crippen molar-refractivity contribution in [2.45, 2.75) is 70.4 Å². The fraction of sp³-hybridized carbons (Fsp3) is 0.933. The van der Waals surface area contributed by atoms with Gasteiger partial charge in [-0.15, -0.1) is 0 Å². The lowest BCUT2D eigenvalue weighted by atomic mass is 9.83. The molecule has 4 unspecified atom stereocenters. The Labute approximate surface area is 111 Å². The van der Waals surface area contributed by atoms with Gasteiger partial charge < -0.3 is 10.6 Å². The molecule has 3 nitrogen and oxygen atoms in total. The lowest BCUT2D eigenvalue weighted by Gasteiger charge is -2.37. The Balaban J connectivity index is 1.91. The molecule has 0 aliphatic heterocycles. The van der Waals surface area contributed by atoms with E-state index in [4.69, 9.17) is 5.73 Å². The maximum Gasteiger partial charge on any atom is 0.225 e. The van der Waals surface area contributed by atoms with Crippen LogP contribution in [0.2, 0.25) is 0 Å². The summed E-state index contributed by atoms with van der Waals surface area (Å²) in [7, 11) is 2.01. The van der Waals surface area contributed by atoms with Crippen molar-refractivity contribution >= 4 is 5.91 Å². The van der Waals surface area contributed by atoms with Gasteiger partial charge in [-0.1, -0.05) is 26.2 Å². The van der Waals surface area contributed by atoms with E-state index in [1.165, 1.54) is 25.7 Å². The zero-order valence-electron chi connectivity index (χ0n) is 11.9. The summed E-state index contributed by atoms with van der Waals surface area (Å²) in [6.45, 7) is 2.31. The fourth-order valence-corrected chi connectivity index (χ4v) is 3.67. The van der Waals surface area contributed by atoms with Crippen LogP contribution in [0.4, 0.5) is 0 Å². The van der Waals surface area contributed by atoms with Gasteiger partial charge >= 0.3 is 0 Å². The number of rotatable bonds is 2. The molecule has 0 bridgehead atoms. The van der Waals surface area contributed by atoms with Gasteiger partial charge in [0.25, 0.3) is 0 Å². The van der Waals surface area contributed by atoms with Crippen LogP contribution >= 0.6 is 0 Å². The van der Waals surface area contributed by atoms with Crippen molar-refractivity contribution in [1.29, 1.82) is 0 Å². The number of nitrogens with zero attached hydrogens (tertiary/aromatic N) is 1. The zero-order valence-corrected chi connectivity index (χ0v) is 11.9. The van der Waals surface area contributed by atoms with Gasteiger partial charge in [-0.05, 0) is 38.0 Å². The van der Waals surface area contributed by atoms with E-state index >= 15 is 0 Å². The Morgan fingerprint density at radius 3 is 2.50 bits per heavy atom. The van der Waals surface area contributed by atoms with Crippen LogP contribution in [-0.2, 0) is 4.79 Å². The molecule has 2 aliphatic carbocycles. The first-order valence-corrected chi connectivity index (χ1v) is 7.60. The molecular formula is C15H28N2O. The average Bonchev–Trinajstić information content (AvgIpc) is 2.37. The van der Waals surface area contributed by atoms with E-state index in [9.17, 15) is 4.79 Å². The van der Waals surface area contributed by atoms with Crippen LogP contribution in [0, 0.1) is 11.8 Å². The van der Waals surface area contributed by atoms with Gasteiger partial charge in [0.2, 0.25) is 5.91 Å². The van der Waals surface area contributed by atoms with Gasteiger partial charge in [-0.3, -0.25) is 4.79 Å². The minimum Gasteiger partial charge on any atom is -0.343 e. The molecule has 4 atom stereocenters. The van der Waals surface area contributed by atoms with Gasteiger partial charge in [-0.25, -0.2) is 0 Å². The average molecular weight is 252 g/mol. The van der Waals surface area contributed by atoms with Crippen LogP contribution < -0.4 is 5.73 Å². The smallest absolute Gasteiger partial charge is 0.225 e. The predicted molar refractivity (Wildman–Crippen MR) is 74.1 cm³/mol. The molecule has 2 saturated carbocycles. The Morgan fingerprint density at radius 1 is 1.11 bits per heavy atom. The summed E-state index contributed by atoms with van der Waals surface area (Å²) in [6, 6.07) is 0.714. The van der Waals surface area contributed by atoms with Gasteiger partial charge in [0.1, 0.15) is 0 Å². The number of hydrogen-bond acceptors (Lipinski definition) is 2. The third-order valence-electron chi connectivity index (χ3n) is 4.87.